The van der Waals surface area contributed by atoms with Gasteiger partial charge in [0.15, 0.2) is 0 Å². The maximum Gasteiger partial charge on any atom is -0.0120 e. The SMILES string of the molecule is Cc1[c]c(C)cc(CC(C)C)c1. The Bertz CT molecular complexity index is 238. The Kier molecular flexibility index (Phi) is 2.91. The quantitative estimate of drug-likeness (QED) is 0.624. The predicted molar refractivity (Wildman–Crippen MR) is 53.3 cm³/mol. The highest BCUT2D eigenvalue weighted by Crippen LogP contribution is 2.12. The van der Waals surface area contributed by atoms with Crippen LogP contribution >= 0.6 is 0 Å². The van der Waals surface area contributed by atoms with Crippen LogP contribution in [0.2, 0.25) is 0 Å². The van der Waals surface area contributed by atoms with Gasteiger partial charge in [0.1, 0.15) is 0 Å². The Morgan fingerprint density at radius 3 is 2.08 bits per heavy atom. The molecule has 65 valence electrons. The van der Waals surface area contributed by atoms with Crippen molar-refractivity contribution < 1.29 is 0 Å². The molecule has 12 heavy (non-hydrogen) atoms. The largest absolute Gasteiger partial charge is 0.0625 e. The summed E-state index contributed by atoms with van der Waals surface area (Å²) in [6.45, 7) is 8.72. The van der Waals surface area contributed by atoms with Gasteiger partial charge in [0.2, 0.25) is 0 Å². The predicted octanol–water partition coefficient (Wildman–Crippen LogP) is 3.30. The number of hydrogen-bond acceptors (Lipinski definition) is 0. The van der Waals surface area contributed by atoms with Gasteiger partial charge >= 0.3 is 0 Å². The summed E-state index contributed by atoms with van der Waals surface area (Å²) in [5, 5.41) is 0. The van der Waals surface area contributed by atoms with Crippen LogP contribution in [0.4, 0.5) is 0 Å². The summed E-state index contributed by atoms with van der Waals surface area (Å²) in [6.07, 6.45) is 1.18. The molecule has 0 aliphatic carbocycles. The van der Waals surface area contributed by atoms with Gasteiger partial charge in [-0.3, -0.25) is 0 Å². The molecule has 0 fully saturated rings. The molecule has 0 saturated heterocycles. The second-order valence-corrected chi connectivity index (χ2v) is 3.95. The molecule has 1 aromatic carbocycles. The molecule has 0 saturated carbocycles. The van der Waals surface area contributed by atoms with Crippen molar-refractivity contribution >= 4 is 0 Å². The lowest BCUT2D eigenvalue weighted by Crippen LogP contribution is -1.95. The zero-order valence-corrected chi connectivity index (χ0v) is 8.44. The summed E-state index contributed by atoms with van der Waals surface area (Å²) in [5.74, 6) is 0.742. The third kappa shape index (κ3) is 2.69. The van der Waals surface area contributed by atoms with Crippen molar-refractivity contribution in [1.29, 1.82) is 0 Å². The molecule has 0 amide bonds. The summed E-state index contributed by atoms with van der Waals surface area (Å²) in [5.41, 5.74) is 3.95. The molecule has 1 rings (SSSR count). The number of hydrogen-bond donors (Lipinski definition) is 0. The summed E-state index contributed by atoms with van der Waals surface area (Å²) in [4.78, 5) is 0. The first-order valence-electron chi connectivity index (χ1n) is 4.57. The molecular weight excluding hydrogens is 144 g/mol. The monoisotopic (exact) mass is 161 g/mol. The topological polar surface area (TPSA) is 0 Å². The van der Waals surface area contributed by atoms with E-state index in [1.807, 2.05) is 0 Å². The highest BCUT2D eigenvalue weighted by molar-refractivity contribution is 5.27. The summed E-state index contributed by atoms with van der Waals surface area (Å²) in [7, 11) is 0. The van der Waals surface area contributed by atoms with Crippen LogP contribution in [0.15, 0.2) is 12.1 Å². The molecule has 0 heterocycles. The van der Waals surface area contributed by atoms with Gasteiger partial charge in [-0.15, -0.1) is 0 Å². The average Bonchev–Trinajstić information content (AvgIpc) is 1.81. The van der Waals surface area contributed by atoms with E-state index >= 15 is 0 Å². The molecule has 0 spiro atoms. The highest BCUT2D eigenvalue weighted by atomic mass is 14.0. The minimum atomic E-state index is 0.742. The number of rotatable bonds is 2. The Hall–Kier alpha value is -0.780. The Labute approximate surface area is 75.6 Å². The van der Waals surface area contributed by atoms with Crippen LogP contribution in [0.25, 0.3) is 0 Å². The van der Waals surface area contributed by atoms with Crippen molar-refractivity contribution in [1.82, 2.24) is 0 Å². The third-order valence-corrected chi connectivity index (χ3v) is 1.84. The maximum atomic E-state index is 3.28. The van der Waals surface area contributed by atoms with Gasteiger partial charge in [0.05, 0.1) is 0 Å². The van der Waals surface area contributed by atoms with Crippen LogP contribution in [0.5, 0.6) is 0 Å². The minimum absolute atomic E-state index is 0.742. The molecule has 0 aliphatic heterocycles. The standard InChI is InChI=1S/C12H17/c1-9(2)5-12-7-10(3)6-11(4)8-12/h7-9H,5H2,1-4H3. The summed E-state index contributed by atoms with van der Waals surface area (Å²) in [6, 6.07) is 7.74. The minimum Gasteiger partial charge on any atom is -0.0625 e. The fourth-order valence-electron chi connectivity index (χ4n) is 1.57. The van der Waals surface area contributed by atoms with Gasteiger partial charge in [0, 0.05) is 0 Å². The molecule has 0 unspecified atom stereocenters. The van der Waals surface area contributed by atoms with Crippen LogP contribution in [0, 0.1) is 25.8 Å². The first-order valence-corrected chi connectivity index (χ1v) is 4.57. The Morgan fingerprint density at radius 1 is 1.17 bits per heavy atom. The lowest BCUT2D eigenvalue weighted by atomic mass is 9.99. The van der Waals surface area contributed by atoms with Gasteiger partial charge in [-0.05, 0) is 48.9 Å². The second-order valence-electron chi connectivity index (χ2n) is 3.95. The van der Waals surface area contributed by atoms with Crippen LogP contribution in [0.3, 0.4) is 0 Å². The van der Waals surface area contributed by atoms with E-state index in [0.29, 0.717) is 0 Å². The van der Waals surface area contributed by atoms with Crippen molar-refractivity contribution in [3.05, 3.63) is 34.9 Å². The van der Waals surface area contributed by atoms with Crippen LogP contribution < -0.4 is 0 Å². The van der Waals surface area contributed by atoms with E-state index in [2.05, 4.69) is 45.9 Å². The molecule has 0 aliphatic rings. The molecule has 1 radical (unpaired) electrons. The van der Waals surface area contributed by atoms with E-state index < -0.39 is 0 Å². The average molecular weight is 161 g/mol. The molecule has 0 atom stereocenters. The molecule has 0 nitrogen and oxygen atoms in total. The van der Waals surface area contributed by atoms with E-state index in [1.165, 1.54) is 23.1 Å². The molecule has 0 heteroatoms. The zero-order chi connectivity index (χ0) is 9.14. The zero-order valence-electron chi connectivity index (χ0n) is 8.44. The number of benzene rings is 1. The molecule has 0 bridgehead atoms. The third-order valence-electron chi connectivity index (χ3n) is 1.84. The van der Waals surface area contributed by atoms with E-state index in [4.69, 9.17) is 0 Å². The van der Waals surface area contributed by atoms with E-state index in [-0.39, 0.29) is 0 Å². The lowest BCUT2D eigenvalue weighted by molar-refractivity contribution is 0.646. The summed E-state index contributed by atoms with van der Waals surface area (Å²) < 4.78 is 0. The van der Waals surface area contributed by atoms with E-state index in [9.17, 15) is 0 Å². The van der Waals surface area contributed by atoms with Crippen molar-refractivity contribution in [2.75, 3.05) is 0 Å². The van der Waals surface area contributed by atoms with Crippen molar-refractivity contribution in [3.8, 4) is 0 Å². The van der Waals surface area contributed by atoms with Gasteiger partial charge in [-0.25, -0.2) is 0 Å². The van der Waals surface area contributed by atoms with Crippen LogP contribution in [-0.2, 0) is 6.42 Å². The van der Waals surface area contributed by atoms with Crippen LogP contribution in [-0.4, -0.2) is 0 Å². The molecule has 0 N–H and O–H groups in total. The summed E-state index contributed by atoms with van der Waals surface area (Å²) >= 11 is 0. The van der Waals surface area contributed by atoms with Gasteiger partial charge < -0.3 is 0 Å². The van der Waals surface area contributed by atoms with Gasteiger partial charge in [-0.1, -0.05) is 26.0 Å². The molecular formula is C12H17. The fraction of sp³-hybridized carbons (Fsp3) is 0.500. The first kappa shape index (κ1) is 9.31. The Balaban J connectivity index is 2.85. The molecule has 0 aromatic heterocycles. The Morgan fingerprint density at radius 2 is 1.67 bits per heavy atom. The smallest absolute Gasteiger partial charge is 0.0120 e. The normalized spacial score (nSPS) is 10.8. The maximum absolute atomic E-state index is 3.28. The van der Waals surface area contributed by atoms with E-state index in [0.717, 1.165) is 5.92 Å². The number of aryl methyl sites for hydroxylation is 2. The van der Waals surface area contributed by atoms with Crippen molar-refractivity contribution in [2.45, 2.75) is 34.1 Å². The lowest BCUT2D eigenvalue weighted by Gasteiger charge is -2.06. The fourth-order valence-corrected chi connectivity index (χ4v) is 1.57. The second kappa shape index (κ2) is 3.75. The van der Waals surface area contributed by atoms with Gasteiger partial charge in [-0.2, -0.15) is 0 Å². The van der Waals surface area contributed by atoms with E-state index in [1.54, 1.807) is 0 Å². The highest BCUT2D eigenvalue weighted by Gasteiger charge is 1.98. The van der Waals surface area contributed by atoms with Gasteiger partial charge in [0.25, 0.3) is 0 Å². The van der Waals surface area contributed by atoms with Crippen molar-refractivity contribution in [3.63, 3.8) is 0 Å². The van der Waals surface area contributed by atoms with Crippen molar-refractivity contribution in [2.24, 2.45) is 5.92 Å². The first-order chi connectivity index (χ1) is 5.58. The molecule has 1 aromatic rings. The van der Waals surface area contributed by atoms with Crippen LogP contribution in [0.1, 0.15) is 30.5 Å².